The van der Waals surface area contributed by atoms with Crippen LogP contribution in [0.25, 0.3) is 6.08 Å². The zero-order chi connectivity index (χ0) is 16.7. The quantitative estimate of drug-likeness (QED) is 0.674. The lowest BCUT2D eigenvalue weighted by atomic mass is 10.1. The second-order valence-electron chi connectivity index (χ2n) is 5.19. The van der Waals surface area contributed by atoms with Crippen LogP contribution in [0.1, 0.15) is 34.0 Å². The summed E-state index contributed by atoms with van der Waals surface area (Å²) < 4.78 is 0. The number of aryl methyl sites for hydroxylation is 2. The van der Waals surface area contributed by atoms with Crippen molar-refractivity contribution < 1.29 is 9.59 Å². The molecule has 4 heteroatoms. The van der Waals surface area contributed by atoms with Gasteiger partial charge in [-0.25, -0.2) is 0 Å². The molecular formula is C19H20N2O2. The number of hydrazine groups is 1. The number of carbonyl (C=O) groups excluding carboxylic acids is 2. The molecule has 0 saturated carbocycles. The average molecular weight is 308 g/mol. The van der Waals surface area contributed by atoms with Gasteiger partial charge in [-0.1, -0.05) is 49.4 Å². The van der Waals surface area contributed by atoms with E-state index in [4.69, 9.17) is 0 Å². The number of carbonyl (C=O) groups is 2. The summed E-state index contributed by atoms with van der Waals surface area (Å²) in [5.74, 6) is -0.719. The van der Waals surface area contributed by atoms with Gasteiger partial charge < -0.3 is 0 Å². The number of nitrogens with one attached hydrogen (secondary N) is 2. The van der Waals surface area contributed by atoms with Crippen molar-refractivity contribution in [2.45, 2.75) is 20.3 Å². The standard InChI is InChI=1S/C19H20N2O2/c1-3-15-8-10-16(11-9-15)12-13-18(22)20-21-19(23)17-7-5-4-6-14(17)2/h4-13H,3H2,1-2H3,(H,20,22)(H,21,23)/b13-12+. The highest BCUT2D eigenvalue weighted by molar-refractivity contribution is 5.98. The molecule has 0 aromatic heterocycles. The Balaban J connectivity index is 1.88. The lowest BCUT2D eigenvalue weighted by Gasteiger charge is -2.07. The smallest absolute Gasteiger partial charge is 0.268 e. The van der Waals surface area contributed by atoms with E-state index in [2.05, 4.69) is 17.8 Å². The van der Waals surface area contributed by atoms with Gasteiger partial charge in [-0.3, -0.25) is 20.4 Å². The maximum Gasteiger partial charge on any atom is 0.269 e. The highest BCUT2D eigenvalue weighted by Gasteiger charge is 2.07. The Labute approximate surface area is 136 Å². The Morgan fingerprint density at radius 2 is 1.70 bits per heavy atom. The first-order valence-electron chi connectivity index (χ1n) is 7.53. The van der Waals surface area contributed by atoms with Gasteiger partial charge in [0.25, 0.3) is 11.8 Å². The van der Waals surface area contributed by atoms with Crippen LogP contribution < -0.4 is 10.9 Å². The molecule has 2 N–H and O–H groups in total. The van der Waals surface area contributed by atoms with Crippen LogP contribution in [-0.4, -0.2) is 11.8 Å². The van der Waals surface area contributed by atoms with Crippen LogP contribution in [0.4, 0.5) is 0 Å². The van der Waals surface area contributed by atoms with Gasteiger partial charge >= 0.3 is 0 Å². The van der Waals surface area contributed by atoms with Gasteiger partial charge in [0, 0.05) is 11.6 Å². The molecule has 0 fully saturated rings. The molecule has 2 rings (SSSR count). The fourth-order valence-corrected chi connectivity index (χ4v) is 2.09. The molecule has 0 bridgehead atoms. The Hall–Kier alpha value is -2.88. The van der Waals surface area contributed by atoms with E-state index in [9.17, 15) is 9.59 Å². The van der Waals surface area contributed by atoms with Gasteiger partial charge in [0.1, 0.15) is 0 Å². The third-order valence-corrected chi connectivity index (χ3v) is 3.50. The first kappa shape index (κ1) is 16.5. The Kier molecular flexibility index (Phi) is 5.69. The van der Waals surface area contributed by atoms with Crippen molar-refractivity contribution in [1.82, 2.24) is 10.9 Å². The molecule has 0 aliphatic heterocycles. The lowest BCUT2D eigenvalue weighted by Crippen LogP contribution is -2.41. The van der Waals surface area contributed by atoms with Crippen molar-refractivity contribution in [3.63, 3.8) is 0 Å². The molecule has 0 aliphatic carbocycles. The second-order valence-corrected chi connectivity index (χ2v) is 5.19. The van der Waals surface area contributed by atoms with Crippen LogP contribution in [-0.2, 0) is 11.2 Å². The van der Waals surface area contributed by atoms with E-state index in [-0.39, 0.29) is 11.8 Å². The Bertz CT molecular complexity index is 718. The molecule has 118 valence electrons. The summed E-state index contributed by atoms with van der Waals surface area (Å²) in [5, 5.41) is 0. The summed E-state index contributed by atoms with van der Waals surface area (Å²) in [6.45, 7) is 3.94. The number of amides is 2. The summed E-state index contributed by atoms with van der Waals surface area (Å²) in [6.07, 6.45) is 4.07. The molecule has 2 amide bonds. The van der Waals surface area contributed by atoms with E-state index < -0.39 is 0 Å². The second kappa shape index (κ2) is 7.94. The molecule has 4 nitrogen and oxygen atoms in total. The normalized spacial score (nSPS) is 10.5. The highest BCUT2D eigenvalue weighted by atomic mass is 16.2. The van der Waals surface area contributed by atoms with Crippen molar-refractivity contribution in [3.05, 3.63) is 76.9 Å². The molecule has 2 aromatic rings. The first-order chi connectivity index (χ1) is 11.1. The van der Waals surface area contributed by atoms with E-state index in [0.29, 0.717) is 5.56 Å². The average Bonchev–Trinajstić information content (AvgIpc) is 2.58. The summed E-state index contributed by atoms with van der Waals surface area (Å²) in [7, 11) is 0. The van der Waals surface area contributed by atoms with Gasteiger partial charge in [0.05, 0.1) is 0 Å². The van der Waals surface area contributed by atoms with Crippen LogP contribution in [0, 0.1) is 6.92 Å². The third-order valence-electron chi connectivity index (χ3n) is 3.50. The SMILES string of the molecule is CCc1ccc(/C=C/C(=O)NNC(=O)c2ccccc2C)cc1. The Morgan fingerprint density at radius 3 is 2.35 bits per heavy atom. The molecule has 0 aliphatic rings. The monoisotopic (exact) mass is 308 g/mol. The molecule has 0 heterocycles. The molecule has 0 atom stereocenters. The van der Waals surface area contributed by atoms with Gasteiger partial charge in [-0.05, 0) is 42.2 Å². The molecule has 0 spiro atoms. The minimum Gasteiger partial charge on any atom is -0.268 e. The molecule has 23 heavy (non-hydrogen) atoms. The molecule has 0 unspecified atom stereocenters. The fourth-order valence-electron chi connectivity index (χ4n) is 2.09. The first-order valence-corrected chi connectivity index (χ1v) is 7.53. The van der Waals surface area contributed by atoms with Crippen molar-refractivity contribution in [1.29, 1.82) is 0 Å². The number of hydrogen-bond acceptors (Lipinski definition) is 2. The maximum absolute atomic E-state index is 12.0. The summed E-state index contributed by atoms with van der Waals surface area (Å²) in [5.41, 5.74) is 8.35. The van der Waals surface area contributed by atoms with Crippen LogP contribution >= 0.6 is 0 Å². The van der Waals surface area contributed by atoms with Crippen molar-refractivity contribution in [2.24, 2.45) is 0 Å². The molecule has 2 aromatic carbocycles. The zero-order valence-electron chi connectivity index (χ0n) is 13.3. The fraction of sp³-hybridized carbons (Fsp3) is 0.158. The topological polar surface area (TPSA) is 58.2 Å². The van der Waals surface area contributed by atoms with E-state index in [1.54, 1.807) is 18.2 Å². The number of hydrogen-bond donors (Lipinski definition) is 2. The molecule has 0 radical (unpaired) electrons. The van der Waals surface area contributed by atoms with E-state index >= 15 is 0 Å². The highest BCUT2D eigenvalue weighted by Crippen LogP contribution is 2.07. The third kappa shape index (κ3) is 4.81. The van der Waals surface area contributed by atoms with Crippen molar-refractivity contribution in [2.75, 3.05) is 0 Å². The predicted molar refractivity (Wildman–Crippen MR) is 91.6 cm³/mol. The number of rotatable bonds is 4. The Morgan fingerprint density at radius 1 is 1.00 bits per heavy atom. The summed E-state index contributed by atoms with van der Waals surface area (Å²) in [4.78, 5) is 23.7. The minimum atomic E-state index is -0.383. The van der Waals surface area contributed by atoms with Crippen molar-refractivity contribution >= 4 is 17.9 Å². The largest absolute Gasteiger partial charge is 0.269 e. The molecule has 0 saturated heterocycles. The van der Waals surface area contributed by atoms with Crippen LogP contribution in [0.3, 0.4) is 0 Å². The van der Waals surface area contributed by atoms with Gasteiger partial charge in [0.15, 0.2) is 0 Å². The lowest BCUT2D eigenvalue weighted by molar-refractivity contribution is -0.117. The minimum absolute atomic E-state index is 0.336. The van der Waals surface area contributed by atoms with Crippen LogP contribution in [0.5, 0.6) is 0 Å². The van der Waals surface area contributed by atoms with E-state index in [1.165, 1.54) is 11.6 Å². The number of benzene rings is 2. The van der Waals surface area contributed by atoms with Crippen molar-refractivity contribution in [3.8, 4) is 0 Å². The van der Waals surface area contributed by atoms with Crippen LogP contribution in [0.2, 0.25) is 0 Å². The zero-order valence-corrected chi connectivity index (χ0v) is 13.3. The molecular weight excluding hydrogens is 288 g/mol. The van der Waals surface area contributed by atoms with E-state index in [1.807, 2.05) is 43.3 Å². The summed E-state index contributed by atoms with van der Waals surface area (Å²) >= 11 is 0. The predicted octanol–water partition coefficient (Wildman–Crippen LogP) is 3.03. The van der Waals surface area contributed by atoms with E-state index in [0.717, 1.165) is 17.5 Å². The maximum atomic E-state index is 12.0. The van der Waals surface area contributed by atoms with Gasteiger partial charge in [-0.15, -0.1) is 0 Å². The van der Waals surface area contributed by atoms with Gasteiger partial charge in [0.2, 0.25) is 0 Å². The summed E-state index contributed by atoms with van der Waals surface area (Å²) in [6, 6.07) is 15.2. The van der Waals surface area contributed by atoms with Gasteiger partial charge in [-0.2, -0.15) is 0 Å². The van der Waals surface area contributed by atoms with Crippen LogP contribution in [0.15, 0.2) is 54.6 Å².